The minimum Gasteiger partial charge on any atom is -0.512 e. The zero-order valence-corrected chi connectivity index (χ0v) is 35.3. The molecule has 3 heterocycles. The van der Waals surface area contributed by atoms with Gasteiger partial charge in [0, 0.05) is 50.1 Å². The molecule has 5 rings (SSSR count). The molecule has 52 heavy (non-hydrogen) atoms. The topological polar surface area (TPSA) is 88.9 Å². The molecule has 0 aliphatic carbocycles. The van der Waals surface area contributed by atoms with Gasteiger partial charge in [-0.2, -0.15) is 13.2 Å². The van der Waals surface area contributed by atoms with Crippen LogP contribution in [0.15, 0.2) is 54.6 Å². The molecule has 0 saturated carbocycles. The monoisotopic (exact) mass is 930 g/mol. The number of aliphatic hydroxyl groups is 1. The summed E-state index contributed by atoms with van der Waals surface area (Å²) in [5, 5.41) is 13.0. The van der Waals surface area contributed by atoms with Crippen molar-refractivity contribution in [2.24, 2.45) is 17.3 Å². The molecule has 0 atom stereocenters. The van der Waals surface area contributed by atoms with Crippen LogP contribution in [0.4, 0.5) is 13.2 Å². The molecular formula is C40H48F3IrN4O2S2-. The van der Waals surface area contributed by atoms with Gasteiger partial charge in [-0.25, -0.2) is 15.0 Å². The summed E-state index contributed by atoms with van der Waals surface area (Å²) >= 11 is 2.53. The summed E-state index contributed by atoms with van der Waals surface area (Å²) in [5.74, 6) is 0.547. The van der Waals surface area contributed by atoms with E-state index >= 15 is 0 Å². The van der Waals surface area contributed by atoms with E-state index in [1.807, 2.05) is 45.9 Å². The number of hydrogen-bond donors (Lipinski definition) is 1. The maximum absolute atomic E-state index is 13.3. The van der Waals surface area contributed by atoms with E-state index in [1.165, 1.54) is 59.9 Å². The maximum atomic E-state index is 13.3. The Hall–Kier alpha value is -3.05. The molecule has 0 unspecified atom stereocenters. The smallest absolute Gasteiger partial charge is 0.394 e. The zero-order chi connectivity index (χ0) is 37.7. The summed E-state index contributed by atoms with van der Waals surface area (Å²) in [7, 11) is 0. The normalized spacial score (nSPS) is 12.7. The van der Waals surface area contributed by atoms with Crippen LogP contribution >= 0.6 is 22.7 Å². The van der Waals surface area contributed by atoms with Crippen molar-refractivity contribution < 1.29 is 43.2 Å². The van der Waals surface area contributed by atoms with Crippen molar-refractivity contribution in [3.05, 3.63) is 71.2 Å². The zero-order valence-electron chi connectivity index (χ0n) is 31.2. The molecule has 0 spiro atoms. The standard InChI is InChI=1S/C27H24F3N4S2.C13H24O2.Ir/c1-25(2,3)18-11-16(10-15-8-6-7-9-17(15)18)19-12-20(32-14-31-19)22-34-24-23(36-22)33-21(35-24)13-26(4,5)27(28,29)30;1-5-10(6-2)12(14)9-13(15)11(7-3)8-4;/h6-9,11-12,14H,13H2,1-5H3;9-11,14H,5-8H2,1-4H3;/q-1;;/b;12-9-;. The van der Waals surface area contributed by atoms with Gasteiger partial charge in [0.1, 0.15) is 11.3 Å². The van der Waals surface area contributed by atoms with Gasteiger partial charge in [0.15, 0.2) is 15.4 Å². The molecule has 0 saturated heterocycles. The van der Waals surface area contributed by atoms with Crippen molar-refractivity contribution in [1.29, 1.82) is 0 Å². The first-order valence-corrected chi connectivity index (χ1v) is 19.1. The van der Waals surface area contributed by atoms with Crippen LogP contribution in [0.25, 0.3) is 42.4 Å². The van der Waals surface area contributed by atoms with Crippen molar-refractivity contribution in [2.75, 3.05) is 0 Å². The minimum absolute atomic E-state index is 0. The number of rotatable bonds is 11. The van der Waals surface area contributed by atoms with E-state index < -0.39 is 11.6 Å². The predicted octanol–water partition coefficient (Wildman–Crippen LogP) is 12.1. The number of carbonyl (C=O) groups excluding carboxylic acids is 1. The molecule has 1 radical (unpaired) electrons. The second kappa shape index (κ2) is 17.8. The van der Waals surface area contributed by atoms with E-state index in [-0.39, 0.29) is 55.3 Å². The van der Waals surface area contributed by atoms with Crippen LogP contribution in [0.3, 0.4) is 0 Å². The number of ketones is 1. The molecule has 2 aromatic carbocycles. The van der Waals surface area contributed by atoms with E-state index in [0.29, 0.717) is 25.4 Å². The third-order valence-electron chi connectivity index (χ3n) is 9.21. The number of hydrogen-bond acceptors (Lipinski definition) is 8. The van der Waals surface area contributed by atoms with E-state index in [4.69, 9.17) is 0 Å². The van der Waals surface area contributed by atoms with Gasteiger partial charge in [-0.15, -0.1) is 29.1 Å². The van der Waals surface area contributed by atoms with E-state index in [1.54, 1.807) is 0 Å². The first kappa shape index (κ1) is 43.4. The Morgan fingerprint density at radius 1 is 0.865 bits per heavy atom. The first-order valence-electron chi connectivity index (χ1n) is 17.5. The third kappa shape index (κ3) is 10.3. The fourth-order valence-electron chi connectivity index (χ4n) is 5.74. The number of halogens is 3. The first-order chi connectivity index (χ1) is 23.9. The third-order valence-corrected chi connectivity index (χ3v) is 11.3. The molecule has 0 aliphatic rings. The van der Waals surface area contributed by atoms with Crippen LogP contribution < -0.4 is 0 Å². The fraction of sp³-hybridized carbons (Fsp3) is 0.475. The predicted molar refractivity (Wildman–Crippen MR) is 204 cm³/mol. The Morgan fingerprint density at radius 3 is 2.04 bits per heavy atom. The molecule has 3 aromatic heterocycles. The van der Waals surface area contributed by atoms with Gasteiger partial charge in [-0.05, 0) is 37.2 Å². The molecular weight excluding hydrogens is 882 g/mol. The molecule has 6 nitrogen and oxygen atoms in total. The number of allylic oxidation sites excluding steroid dienone is 2. The van der Waals surface area contributed by atoms with Crippen molar-refractivity contribution >= 4 is 48.9 Å². The summed E-state index contributed by atoms with van der Waals surface area (Å²) in [6.07, 6.45) is 1.94. The summed E-state index contributed by atoms with van der Waals surface area (Å²) in [5.41, 5.74) is 1.54. The van der Waals surface area contributed by atoms with Gasteiger partial charge >= 0.3 is 6.18 Å². The summed E-state index contributed by atoms with van der Waals surface area (Å²) in [4.78, 5) is 30.9. The van der Waals surface area contributed by atoms with Crippen LogP contribution in [0, 0.1) is 23.3 Å². The second-order valence-electron chi connectivity index (χ2n) is 14.5. The molecule has 1 N–H and O–H groups in total. The van der Waals surface area contributed by atoms with E-state index in [2.05, 4.69) is 65.0 Å². The average molecular weight is 930 g/mol. The Balaban J connectivity index is 0.000000389. The Bertz CT molecular complexity index is 1960. The van der Waals surface area contributed by atoms with Gasteiger partial charge in [0.2, 0.25) is 0 Å². The quantitative estimate of drug-likeness (QED) is 0.0806. The number of carbonyl (C=O) groups is 1. The molecule has 0 aliphatic heterocycles. The number of aromatic nitrogens is 4. The van der Waals surface area contributed by atoms with Gasteiger partial charge in [-0.1, -0.05) is 114 Å². The maximum Gasteiger partial charge on any atom is 0.394 e. The van der Waals surface area contributed by atoms with Gasteiger partial charge in [0.05, 0.1) is 21.9 Å². The van der Waals surface area contributed by atoms with Gasteiger partial charge in [0.25, 0.3) is 0 Å². The molecule has 0 bridgehead atoms. The average Bonchev–Trinajstić information content (AvgIpc) is 3.63. The van der Waals surface area contributed by atoms with Gasteiger partial charge in [-0.3, -0.25) is 9.78 Å². The molecule has 0 amide bonds. The number of thiazole rings is 2. The Labute approximate surface area is 326 Å². The Morgan fingerprint density at radius 2 is 1.46 bits per heavy atom. The van der Waals surface area contributed by atoms with Gasteiger partial charge < -0.3 is 5.11 Å². The molecule has 12 heteroatoms. The second-order valence-corrected chi connectivity index (χ2v) is 16.5. The van der Waals surface area contributed by atoms with Crippen LogP contribution in [0.5, 0.6) is 0 Å². The van der Waals surface area contributed by atoms with Crippen LogP contribution in [0.1, 0.15) is 98.6 Å². The number of aliphatic hydroxyl groups excluding tert-OH is 1. The molecule has 5 aromatic rings. The van der Waals surface area contributed by atoms with Crippen molar-refractivity contribution in [3.63, 3.8) is 0 Å². The number of benzene rings is 2. The minimum atomic E-state index is -4.30. The molecule has 0 fully saturated rings. The largest absolute Gasteiger partial charge is 0.512 e. The number of fused-ring (bicyclic) bond motifs is 2. The van der Waals surface area contributed by atoms with Crippen molar-refractivity contribution in [1.82, 2.24) is 19.9 Å². The molecule has 283 valence electrons. The van der Waals surface area contributed by atoms with Crippen LogP contribution in [0.2, 0.25) is 0 Å². The van der Waals surface area contributed by atoms with Crippen molar-refractivity contribution in [2.45, 2.75) is 106 Å². The number of nitrogens with zero attached hydrogens (tertiary/aromatic N) is 4. The number of alkyl halides is 3. The van der Waals surface area contributed by atoms with E-state index in [0.717, 1.165) is 42.3 Å². The summed E-state index contributed by atoms with van der Waals surface area (Å²) in [6, 6.07) is 15.7. The summed E-state index contributed by atoms with van der Waals surface area (Å²) in [6.45, 7) is 17.0. The van der Waals surface area contributed by atoms with Crippen LogP contribution in [-0.2, 0) is 36.7 Å². The van der Waals surface area contributed by atoms with Crippen LogP contribution in [-0.4, -0.2) is 37.0 Å². The van der Waals surface area contributed by atoms with Crippen molar-refractivity contribution in [3.8, 4) is 22.0 Å². The fourth-order valence-corrected chi connectivity index (χ4v) is 7.99. The summed E-state index contributed by atoms with van der Waals surface area (Å²) < 4.78 is 39.9. The SMILES string of the molecule is CC(C)(C)c1cc(-c2cc(-c3nc4sc(CC(C)(C)C(F)(F)F)nc4s3)ncn2)[c-]c2ccccc12.CCC(CC)C(=O)/C=C(\O)C(CC)CC.[Ir]. The van der Waals surface area contributed by atoms with E-state index in [9.17, 15) is 23.1 Å². The Kier molecular flexibility index (Phi) is 14.9.